The second kappa shape index (κ2) is 5.36. The molecule has 0 bridgehead atoms. The van der Waals surface area contributed by atoms with Gasteiger partial charge in [0.25, 0.3) is 0 Å². The Morgan fingerprint density at radius 3 is 2.57 bits per heavy atom. The number of nitrogens with zero attached hydrogens (tertiary/aromatic N) is 4. The summed E-state index contributed by atoms with van der Waals surface area (Å²) in [6.07, 6.45) is 3.21. The lowest BCUT2D eigenvalue weighted by Gasteiger charge is -2.44. The Morgan fingerprint density at radius 2 is 2.05 bits per heavy atom. The molecule has 2 heterocycles. The third-order valence-corrected chi connectivity index (χ3v) is 4.56. The Morgan fingerprint density at radius 1 is 1.33 bits per heavy atom. The molecule has 5 heteroatoms. The molecule has 0 N–H and O–H groups in total. The number of piperazine rings is 1. The summed E-state index contributed by atoms with van der Waals surface area (Å²) in [5.74, 6) is 1.48. The Balaban J connectivity index is 1.61. The van der Waals surface area contributed by atoms with Crippen molar-refractivity contribution in [3.05, 3.63) is 24.4 Å². The fourth-order valence-electron chi connectivity index (χ4n) is 3.43. The van der Waals surface area contributed by atoms with Gasteiger partial charge in [0.2, 0.25) is 5.91 Å². The van der Waals surface area contributed by atoms with Crippen molar-refractivity contribution in [1.82, 2.24) is 9.88 Å². The Kier molecular flexibility index (Phi) is 3.54. The lowest BCUT2D eigenvalue weighted by Crippen LogP contribution is -2.56. The van der Waals surface area contributed by atoms with Crippen molar-refractivity contribution in [1.29, 1.82) is 5.26 Å². The van der Waals surface area contributed by atoms with Gasteiger partial charge in [0, 0.05) is 32.4 Å². The van der Waals surface area contributed by atoms with Crippen molar-refractivity contribution in [2.75, 3.05) is 31.1 Å². The van der Waals surface area contributed by atoms with Gasteiger partial charge in [0.15, 0.2) is 0 Å². The minimum Gasteiger partial charge on any atom is -0.353 e. The van der Waals surface area contributed by atoms with Gasteiger partial charge in [-0.2, -0.15) is 5.26 Å². The number of hydrogen-bond donors (Lipinski definition) is 0. The molecule has 2 fully saturated rings. The number of hydrogen-bond acceptors (Lipinski definition) is 4. The summed E-state index contributed by atoms with van der Waals surface area (Å²) >= 11 is 0. The second-order valence-electron chi connectivity index (χ2n) is 6.17. The molecule has 0 spiro atoms. The van der Waals surface area contributed by atoms with Crippen LogP contribution in [0.15, 0.2) is 24.4 Å². The van der Waals surface area contributed by atoms with Crippen molar-refractivity contribution < 1.29 is 4.79 Å². The third kappa shape index (κ3) is 2.46. The van der Waals surface area contributed by atoms with Gasteiger partial charge in [-0.15, -0.1) is 0 Å². The number of pyridine rings is 1. The predicted molar refractivity (Wildman–Crippen MR) is 79.5 cm³/mol. The molecule has 0 aromatic carbocycles. The monoisotopic (exact) mass is 284 g/mol. The van der Waals surface area contributed by atoms with E-state index in [1.165, 1.54) is 0 Å². The number of rotatable bonds is 2. The van der Waals surface area contributed by atoms with Gasteiger partial charge in [-0.3, -0.25) is 4.79 Å². The molecule has 0 unspecified atom stereocenters. The summed E-state index contributed by atoms with van der Waals surface area (Å²) in [6.45, 7) is 5.00. The fraction of sp³-hybridized carbons (Fsp3) is 0.562. The standard InChI is InChI=1S/C16H20N4O/c1-13-10-16(11-13,12-17)15(21)20-8-6-19(7-9-20)14-4-2-3-5-18-14/h2-5,13H,6-11H2,1H3. The van der Waals surface area contributed by atoms with E-state index < -0.39 is 5.41 Å². The summed E-state index contributed by atoms with van der Waals surface area (Å²) < 4.78 is 0. The molecule has 1 saturated heterocycles. The molecule has 1 aliphatic carbocycles. The Bertz CT molecular complexity index is 551. The van der Waals surface area contributed by atoms with Gasteiger partial charge in [0.1, 0.15) is 11.2 Å². The molecular weight excluding hydrogens is 264 g/mol. The van der Waals surface area contributed by atoms with E-state index >= 15 is 0 Å². The first-order valence-electron chi connectivity index (χ1n) is 7.51. The zero-order valence-corrected chi connectivity index (χ0v) is 12.3. The highest BCUT2D eigenvalue weighted by atomic mass is 16.2. The van der Waals surface area contributed by atoms with E-state index in [-0.39, 0.29) is 5.91 Å². The molecule has 2 aliphatic rings. The van der Waals surface area contributed by atoms with E-state index in [4.69, 9.17) is 0 Å². The van der Waals surface area contributed by atoms with Crippen LogP contribution in [0.1, 0.15) is 19.8 Å². The molecule has 1 amide bonds. The predicted octanol–water partition coefficient (Wildman–Crippen LogP) is 1.67. The quantitative estimate of drug-likeness (QED) is 0.829. The first-order chi connectivity index (χ1) is 10.1. The highest BCUT2D eigenvalue weighted by Gasteiger charge is 2.50. The fourth-order valence-corrected chi connectivity index (χ4v) is 3.43. The number of anilines is 1. The molecule has 110 valence electrons. The SMILES string of the molecule is CC1CC(C#N)(C(=O)N2CCN(c3ccccn3)CC2)C1. The lowest BCUT2D eigenvalue weighted by molar-refractivity contribution is -0.145. The molecule has 1 aromatic rings. The van der Waals surface area contributed by atoms with Gasteiger partial charge < -0.3 is 9.80 Å². The van der Waals surface area contributed by atoms with E-state index in [9.17, 15) is 10.1 Å². The minimum atomic E-state index is -0.743. The van der Waals surface area contributed by atoms with Crippen LogP contribution in [0.5, 0.6) is 0 Å². The van der Waals surface area contributed by atoms with Crippen LogP contribution in [0.4, 0.5) is 5.82 Å². The van der Waals surface area contributed by atoms with Gasteiger partial charge in [-0.1, -0.05) is 13.0 Å². The molecule has 0 atom stereocenters. The van der Waals surface area contributed by atoms with Crippen LogP contribution in [0.2, 0.25) is 0 Å². The number of amides is 1. The maximum Gasteiger partial charge on any atom is 0.243 e. The van der Waals surface area contributed by atoms with Crippen LogP contribution < -0.4 is 4.90 Å². The number of carbonyl (C=O) groups excluding carboxylic acids is 1. The summed E-state index contributed by atoms with van der Waals surface area (Å²) in [7, 11) is 0. The average molecular weight is 284 g/mol. The molecule has 1 saturated carbocycles. The van der Waals surface area contributed by atoms with Gasteiger partial charge >= 0.3 is 0 Å². The van der Waals surface area contributed by atoms with Crippen molar-refractivity contribution in [3.63, 3.8) is 0 Å². The van der Waals surface area contributed by atoms with E-state index in [1.807, 2.05) is 23.1 Å². The van der Waals surface area contributed by atoms with Crippen molar-refractivity contribution in [2.24, 2.45) is 11.3 Å². The lowest BCUT2D eigenvalue weighted by atomic mass is 9.62. The highest BCUT2D eigenvalue weighted by molar-refractivity contribution is 5.86. The zero-order valence-electron chi connectivity index (χ0n) is 12.3. The molecular formula is C16H20N4O. The normalized spacial score (nSPS) is 28.7. The van der Waals surface area contributed by atoms with Crippen LogP contribution in [0.3, 0.4) is 0 Å². The van der Waals surface area contributed by atoms with E-state index in [2.05, 4.69) is 22.9 Å². The molecule has 5 nitrogen and oxygen atoms in total. The number of nitriles is 1. The maximum absolute atomic E-state index is 12.6. The topological polar surface area (TPSA) is 60.2 Å². The van der Waals surface area contributed by atoms with E-state index in [0.29, 0.717) is 31.8 Å². The number of carbonyl (C=O) groups is 1. The van der Waals surface area contributed by atoms with Crippen LogP contribution in [-0.2, 0) is 4.79 Å². The summed E-state index contributed by atoms with van der Waals surface area (Å²) in [5, 5.41) is 9.37. The third-order valence-electron chi connectivity index (χ3n) is 4.56. The number of aromatic nitrogens is 1. The maximum atomic E-state index is 12.6. The molecule has 1 aliphatic heterocycles. The van der Waals surface area contributed by atoms with Crippen LogP contribution in [0, 0.1) is 22.7 Å². The van der Waals surface area contributed by atoms with Gasteiger partial charge in [-0.05, 0) is 30.9 Å². The van der Waals surface area contributed by atoms with Crippen molar-refractivity contribution >= 4 is 11.7 Å². The van der Waals surface area contributed by atoms with Gasteiger partial charge in [-0.25, -0.2) is 4.98 Å². The molecule has 21 heavy (non-hydrogen) atoms. The first-order valence-corrected chi connectivity index (χ1v) is 7.51. The molecule has 0 radical (unpaired) electrons. The average Bonchev–Trinajstić information content (AvgIpc) is 2.52. The van der Waals surface area contributed by atoms with Crippen LogP contribution in [0.25, 0.3) is 0 Å². The smallest absolute Gasteiger partial charge is 0.243 e. The highest BCUT2D eigenvalue weighted by Crippen LogP contribution is 2.46. The summed E-state index contributed by atoms with van der Waals surface area (Å²) in [4.78, 5) is 21.0. The molecule has 3 rings (SSSR count). The molecule has 1 aromatic heterocycles. The summed E-state index contributed by atoms with van der Waals surface area (Å²) in [5.41, 5.74) is -0.743. The minimum absolute atomic E-state index is 0.0313. The van der Waals surface area contributed by atoms with Gasteiger partial charge in [0.05, 0.1) is 6.07 Å². The summed E-state index contributed by atoms with van der Waals surface area (Å²) in [6, 6.07) is 8.13. The second-order valence-corrected chi connectivity index (χ2v) is 6.17. The van der Waals surface area contributed by atoms with E-state index in [1.54, 1.807) is 6.20 Å². The van der Waals surface area contributed by atoms with E-state index in [0.717, 1.165) is 18.9 Å². The Labute approximate surface area is 125 Å². The van der Waals surface area contributed by atoms with Crippen LogP contribution >= 0.6 is 0 Å². The largest absolute Gasteiger partial charge is 0.353 e. The zero-order chi connectivity index (χ0) is 14.9. The van der Waals surface area contributed by atoms with Crippen molar-refractivity contribution in [3.8, 4) is 6.07 Å². The van der Waals surface area contributed by atoms with Crippen molar-refractivity contribution in [2.45, 2.75) is 19.8 Å². The van der Waals surface area contributed by atoms with Crippen LogP contribution in [-0.4, -0.2) is 42.0 Å². The first kappa shape index (κ1) is 13.9. The Hall–Kier alpha value is -2.09.